The second-order valence-electron chi connectivity index (χ2n) is 5.43. The zero-order valence-corrected chi connectivity index (χ0v) is 12.7. The van der Waals surface area contributed by atoms with Crippen molar-refractivity contribution in [1.29, 1.82) is 0 Å². The zero-order chi connectivity index (χ0) is 15.1. The van der Waals surface area contributed by atoms with E-state index in [1.807, 2.05) is 43.4 Å². The molecule has 1 saturated heterocycles. The molecule has 0 spiro atoms. The predicted octanol–water partition coefficient (Wildman–Crippen LogP) is 3.10. The van der Waals surface area contributed by atoms with Crippen LogP contribution in [-0.4, -0.2) is 29.4 Å². The van der Waals surface area contributed by atoms with Crippen LogP contribution in [0, 0.1) is 12.8 Å². The Balaban J connectivity index is 0.000000194. The zero-order valence-electron chi connectivity index (χ0n) is 12.7. The number of likely N-dealkylation sites (tertiary alicyclic amines) is 1. The Labute approximate surface area is 126 Å². The Hall–Kier alpha value is -2.16. The van der Waals surface area contributed by atoms with Crippen LogP contribution in [0.2, 0.25) is 0 Å². The van der Waals surface area contributed by atoms with E-state index < -0.39 is 0 Å². The number of aryl methyl sites for hydroxylation is 1. The van der Waals surface area contributed by atoms with Gasteiger partial charge in [-0.2, -0.15) is 0 Å². The molecule has 1 atom stereocenters. The molecular formula is C18H22N2O. The predicted molar refractivity (Wildman–Crippen MR) is 84.9 cm³/mol. The van der Waals surface area contributed by atoms with Crippen molar-refractivity contribution >= 4 is 5.91 Å². The van der Waals surface area contributed by atoms with Crippen molar-refractivity contribution in [3.05, 3.63) is 66.0 Å². The molecule has 1 amide bonds. The van der Waals surface area contributed by atoms with Gasteiger partial charge in [-0.05, 0) is 25.5 Å². The fraction of sp³-hybridized carbons (Fsp3) is 0.333. The van der Waals surface area contributed by atoms with Crippen molar-refractivity contribution in [3.8, 4) is 0 Å². The molecular weight excluding hydrogens is 260 g/mol. The molecule has 0 radical (unpaired) electrons. The summed E-state index contributed by atoms with van der Waals surface area (Å²) < 4.78 is 0. The lowest BCUT2D eigenvalue weighted by atomic mass is 10.0. The summed E-state index contributed by atoms with van der Waals surface area (Å²) in [6.45, 7) is 2.97. The Morgan fingerprint density at radius 1 is 1.14 bits per heavy atom. The third-order valence-corrected chi connectivity index (χ3v) is 3.66. The summed E-state index contributed by atoms with van der Waals surface area (Å²) in [4.78, 5) is 17.6. The lowest BCUT2D eigenvalue weighted by Crippen LogP contribution is -2.23. The number of aromatic nitrogens is 1. The SMILES string of the molecule is CN1CCC(Cc2ccccn2)C1=O.Cc1ccccc1. The standard InChI is InChI=1S/C11H14N2O.C7H8/c1-13-7-5-9(11(13)14)8-10-4-2-3-6-12-10;1-7-5-3-2-4-6-7/h2-4,6,9H,5,7-8H2,1H3;2-6H,1H3. The molecule has 0 bridgehead atoms. The van der Waals surface area contributed by atoms with E-state index in [-0.39, 0.29) is 11.8 Å². The van der Waals surface area contributed by atoms with E-state index in [0.717, 1.165) is 25.1 Å². The van der Waals surface area contributed by atoms with Crippen LogP contribution in [0.4, 0.5) is 0 Å². The molecule has 1 aromatic carbocycles. The van der Waals surface area contributed by atoms with Gasteiger partial charge in [0.1, 0.15) is 0 Å². The van der Waals surface area contributed by atoms with Gasteiger partial charge in [0.25, 0.3) is 0 Å². The quantitative estimate of drug-likeness (QED) is 0.848. The van der Waals surface area contributed by atoms with Gasteiger partial charge in [0, 0.05) is 37.8 Å². The molecule has 1 aliphatic rings. The molecule has 1 aliphatic heterocycles. The number of carbonyl (C=O) groups is 1. The third-order valence-electron chi connectivity index (χ3n) is 3.66. The number of carbonyl (C=O) groups excluding carboxylic acids is 1. The number of benzene rings is 1. The van der Waals surface area contributed by atoms with Crippen LogP contribution in [0.1, 0.15) is 17.7 Å². The Kier molecular flexibility index (Phi) is 5.50. The molecule has 1 aromatic heterocycles. The van der Waals surface area contributed by atoms with Crippen LogP contribution in [-0.2, 0) is 11.2 Å². The average molecular weight is 282 g/mol. The van der Waals surface area contributed by atoms with Crippen LogP contribution in [0.25, 0.3) is 0 Å². The van der Waals surface area contributed by atoms with Crippen molar-refractivity contribution in [3.63, 3.8) is 0 Å². The van der Waals surface area contributed by atoms with Crippen molar-refractivity contribution in [2.45, 2.75) is 19.8 Å². The first-order chi connectivity index (χ1) is 10.2. The van der Waals surface area contributed by atoms with Crippen molar-refractivity contribution in [1.82, 2.24) is 9.88 Å². The fourth-order valence-corrected chi connectivity index (χ4v) is 2.39. The Bertz CT molecular complexity index is 554. The molecule has 0 N–H and O–H groups in total. The first-order valence-electron chi connectivity index (χ1n) is 7.33. The number of pyridine rings is 1. The van der Waals surface area contributed by atoms with Crippen LogP contribution < -0.4 is 0 Å². The van der Waals surface area contributed by atoms with Gasteiger partial charge in [-0.1, -0.05) is 42.0 Å². The van der Waals surface area contributed by atoms with Crippen LogP contribution in [0.15, 0.2) is 54.7 Å². The van der Waals surface area contributed by atoms with Gasteiger partial charge in [0.15, 0.2) is 0 Å². The molecule has 3 heteroatoms. The highest BCUT2D eigenvalue weighted by atomic mass is 16.2. The largest absolute Gasteiger partial charge is 0.345 e. The highest BCUT2D eigenvalue weighted by molar-refractivity contribution is 5.80. The minimum Gasteiger partial charge on any atom is -0.345 e. The molecule has 2 heterocycles. The van der Waals surface area contributed by atoms with E-state index >= 15 is 0 Å². The maximum Gasteiger partial charge on any atom is 0.225 e. The molecule has 2 aromatic rings. The van der Waals surface area contributed by atoms with Crippen molar-refractivity contribution in [2.75, 3.05) is 13.6 Å². The second kappa shape index (κ2) is 7.58. The molecule has 0 saturated carbocycles. The molecule has 1 fully saturated rings. The number of nitrogens with zero attached hydrogens (tertiary/aromatic N) is 2. The van der Waals surface area contributed by atoms with Gasteiger partial charge in [0.2, 0.25) is 5.91 Å². The number of hydrogen-bond acceptors (Lipinski definition) is 2. The van der Waals surface area contributed by atoms with E-state index in [2.05, 4.69) is 24.0 Å². The maximum atomic E-state index is 11.6. The molecule has 21 heavy (non-hydrogen) atoms. The summed E-state index contributed by atoms with van der Waals surface area (Å²) in [6, 6.07) is 16.1. The molecule has 3 nitrogen and oxygen atoms in total. The number of rotatable bonds is 2. The molecule has 110 valence electrons. The Morgan fingerprint density at radius 3 is 2.33 bits per heavy atom. The van der Waals surface area contributed by atoms with E-state index in [0.29, 0.717) is 0 Å². The summed E-state index contributed by atoms with van der Waals surface area (Å²) in [5.41, 5.74) is 2.34. The lowest BCUT2D eigenvalue weighted by molar-refractivity contribution is -0.129. The van der Waals surface area contributed by atoms with Crippen molar-refractivity contribution in [2.24, 2.45) is 5.92 Å². The lowest BCUT2D eigenvalue weighted by Gasteiger charge is -2.09. The highest BCUT2D eigenvalue weighted by Gasteiger charge is 2.28. The normalized spacial score (nSPS) is 17.3. The fourth-order valence-electron chi connectivity index (χ4n) is 2.39. The Morgan fingerprint density at radius 2 is 1.86 bits per heavy atom. The average Bonchev–Trinajstić information content (AvgIpc) is 2.82. The summed E-state index contributed by atoms with van der Waals surface area (Å²) >= 11 is 0. The minimum atomic E-state index is 0.148. The second-order valence-corrected chi connectivity index (χ2v) is 5.43. The van der Waals surface area contributed by atoms with Crippen LogP contribution in [0.5, 0.6) is 0 Å². The van der Waals surface area contributed by atoms with Gasteiger partial charge in [0.05, 0.1) is 0 Å². The topological polar surface area (TPSA) is 33.2 Å². The van der Waals surface area contributed by atoms with E-state index in [1.54, 1.807) is 11.1 Å². The van der Waals surface area contributed by atoms with Crippen LogP contribution in [0.3, 0.4) is 0 Å². The summed E-state index contributed by atoms with van der Waals surface area (Å²) in [5.74, 6) is 0.408. The van der Waals surface area contributed by atoms with Crippen LogP contribution >= 0.6 is 0 Å². The minimum absolute atomic E-state index is 0.148. The van der Waals surface area contributed by atoms with Gasteiger partial charge in [-0.3, -0.25) is 9.78 Å². The van der Waals surface area contributed by atoms with E-state index in [9.17, 15) is 4.79 Å². The number of hydrogen-bond donors (Lipinski definition) is 0. The molecule has 1 unspecified atom stereocenters. The summed E-state index contributed by atoms with van der Waals surface area (Å²) in [5, 5.41) is 0. The number of amides is 1. The highest BCUT2D eigenvalue weighted by Crippen LogP contribution is 2.19. The first kappa shape index (κ1) is 15.2. The monoisotopic (exact) mass is 282 g/mol. The first-order valence-corrected chi connectivity index (χ1v) is 7.33. The molecule has 3 rings (SSSR count). The smallest absolute Gasteiger partial charge is 0.225 e. The van der Waals surface area contributed by atoms with Gasteiger partial charge in [-0.15, -0.1) is 0 Å². The van der Waals surface area contributed by atoms with Gasteiger partial charge in [-0.25, -0.2) is 0 Å². The van der Waals surface area contributed by atoms with Gasteiger partial charge < -0.3 is 4.90 Å². The third kappa shape index (κ3) is 4.71. The van der Waals surface area contributed by atoms with Gasteiger partial charge >= 0.3 is 0 Å². The van der Waals surface area contributed by atoms with Crippen molar-refractivity contribution < 1.29 is 4.79 Å². The summed E-state index contributed by atoms with van der Waals surface area (Å²) in [7, 11) is 1.86. The maximum absolute atomic E-state index is 11.6. The molecule has 0 aliphatic carbocycles. The van der Waals surface area contributed by atoms with E-state index in [1.165, 1.54) is 5.56 Å². The summed E-state index contributed by atoms with van der Waals surface area (Å²) in [6.07, 6.45) is 3.52. The van der Waals surface area contributed by atoms with E-state index in [4.69, 9.17) is 0 Å².